The van der Waals surface area contributed by atoms with E-state index >= 15 is 4.39 Å². The first-order chi connectivity index (χ1) is 20.3. The highest BCUT2D eigenvalue weighted by atomic mass is 32.2. The van der Waals surface area contributed by atoms with E-state index in [1.54, 1.807) is 42.6 Å². The number of nitrogens with two attached hydrogens (primary N) is 2. The highest BCUT2D eigenvalue weighted by molar-refractivity contribution is 7.92. The van der Waals surface area contributed by atoms with E-state index in [4.69, 9.17) is 30.9 Å². The van der Waals surface area contributed by atoms with E-state index in [1.165, 1.54) is 6.07 Å². The van der Waals surface area contributed by atoms with Gasteiger partial charge < -0.3 is 30.4 Å². The van der Waals surface area contributed by atoms with Crippen LogP contribution in [0.3, 0.4) is 0 Å². The molecule has 1 unspecified atom stereocenters. The Morgan fingerprint density at radius 3 is 2.69 bits per heavy atom. The number of nitrogen functional groups attached to an aromatic ring is 1. The Balaban J connectivity index is 1.68. The summed E-state index contributed by atoms with van der Waals surface area (Å²) < 4.78 is 54.6. The van der Waals surface area contributed by atoms with Gasteiger partial charge in [-0.15, -0.1) is 0 Å². The molecule has 4 aromatic rings. The summed E-state index contributed by atoms with van der Waals surface area (Å²) in [4.78, 5) is 27.5. The summed E-state index contributed by atoms with van der Waals surface area (Å²) in [5.74, 6) is 0.106. The lowest BCUT2D eigenvalue weighted by molar-refractivity contribution is -0.119. The fraction of sp³-hybridized carbons (Fsp3) is 0.286. The molecule has 1 amide bonds. The Hall–Kier alpha value is -4.27. The molecule has 42 heavy (non-hydrogen) atoms. The summed E-state index contributed by atoms with van der Waals surface area (Å²) in [5, 5.41) is 0.547. The number of amides is 1. The summed E-state index contributed by atoms with van der Waals surface area (Å²) in [6, 6.07) is 11.3. The molecule has 1 saturated heterocycles. The van der Waals surface area contributed by atoms with Crippen molar-refractivity contribution in [2.24, 2.45) is 5.73 Å². The van der Waals surface area contributed by atoms with Gasteiger partial charge in [0.2, 0.25) is 0 Å². The van der Waals surface area contributed by atoms with Crippen LogP contribution in [-0.2, 0) is 20.9 Å². The van der Waals surface area contributed by atoms with E-state index in [1.807, 2.05) is 4.90 Å². The van der Waals surface area contributed by atoms with Crippen molar-refractivity contribution in [1.82, 2.24) is 15.0 Å². The number of fused-ring (bicyclic) bond motifs is 1. The van der Waals surface area contributed by atoms with Gasteiger partial charge in [-0.3, -0.25) is 9.18 Å². The average molecular weight is 598 g/mol. The molecule has 0 saturated carbocycles. The summed E-state index contributed by atoms with van der Waals surface area (Å²) >= 11 is -1.67. The number of nitrogens with one attached hydrogen (secondary N) is 1. The molecule has 1 fully saturated rings. The van der Waals surface area contributed by atoms with Gasteiger partial charge in [0.1, 0.15) is 34.3 Å². The number of nitrogens with zero attached hydrogens (tertiary/aromatic N) is 4. The Kier molecular flexibility index (Phi) is 9.15. The third kappa shape index (κ3) is 6.61. The van der Waals surface area contributed by atoms with Crippen LogP contribution < -0.4 is 25.8 Å². The highest BCUT2D eigenvalue weighted by Gasteiger charge is 2.23. The van der Waals surface area contributed by atoms with Gasteiger partial charge in [0.15, 0.2) is 18.2 Å². The number of hydrogen-bond acceptors (Lipinski definition) is 10. The number of morpholine rings is 1. The third-order valence-electron chi connectivity index (χ3n) is 6.47. The molecule has 1 atom stereocenters. The molecule has 2 aromatic heterocycles. The number of rotatable bonds is 11. The quantitative estimate of drug-likeness (QED) is 0.219. The molecule has 14 heteroatoms. The maximum absolute atomic E-state index is 15.8. The lowest BCUT2D eigenvalue weighted by Gasteiger charge is -2.29. The molecule has 0 spiro atoms. The number of halogens is 2. The van der Waals surface area contributed by atoms with E-state index in [2.05, 4.69) is 9.71 Å². The van der Waals surface area contributed by atoms with Crippen LogP contribution in [-0.4, -0.2) is 70.7 Å². The highest BCUT2D eigenvalue weighted by Crippen LogP contribution is 2.39. The van der Waals surface area contributed by atoms with E-state index in [9.17, 15) is 13.7 Å². The second kappa shape index (κ2) is 13.1. The minimum Gasteiger partial charge on any atom is -0.593 e. The minimum absolute atomic E-state index is 0.000226. The monoisotopic (exact) mass is 597 g/mol. The Bertz CT molecular complexity index is 1570. The van der Waals surface area contributed by atoms with Gasteiger partial charge >= 0.3 is 0 Å². The number of hydrogen-bond donors (Lipinski definition) is 3. The number of carbonyl (C=O) groups excluding carboxylic acids is 1. The predicted octanol–water partition coefficient (Wildman–Crippen LogP) is 3.22. The first kappa shape index (κ1) is 29.2. The summed E-state index contributed by atoms with van der Waals surface area (Å²) in [6.07, 6.45) is 1.65. The zero-order valence-corrected chi connectivity index (χ0v) is 23.3. The molecule has 1 aliphatic heterocycles. The number of carbonyl (C=O) groups is 1. The van der Waals surface area contributed by atoms with Gasteiger partial charge in [-0.2, -0.15) is 0 Å². The summed E-state index contributed by atoms with van der Waals surface area (Å²) in [5.41, 5.74) is 12.7. The van der Waals surface area contributed by atoms with E-state index in [0.29, 0.717) is 65.8 Å². The normalized spacial score (nSPS) is 14.1. The number of alkyl halides is 1. The largest absolute Gasteiger partial charge is 0.593 e. The van der Waals surface area contributed by atoms with Crippen molar-refractivity contribution < 1.29 is 27.6 Å². The number of primary amides is 1. The SMILES string of the molecule is NC(=O)COc1cc(-c2cccc(N[S+]([O-])CCCF)c2F)cc2c(N3CCOCC3)nc(-c3ccc(N)nc3)nc12. The van der Waals surface area contributed by atoms with E-state index < -0.39 is 36.4 Å². The molecule has 5 N–H and O–H groups in total. The van der Waals surface area contributed by atoms with Crippen LogP contribution in [0.2, 0.25) is 0 Å². The smallest absolute Gasteiger partial charge is 0.255 e. The molecule has 2 aromatic carbocycles. The van der Waals surface area contributed by atoms with Crippen molar-refractivity contribution in [3.05, 3.63) is 54.5 Å². The van der Waals surface area contributed by atoms with Crippen molar-refractivity contribution in [3.8, 4) is 28.3 Å². The molecule has 3 heterocycles. The van der Waals surface area contributed by atoms with Crippen LogP contribution in [0.4, 0.5) is 26.1 Å². The van der Waals surface area contributed by atoms with Gasteiger partial charge in [0.05, 0.1) is 31.3 Å². The fourth-order valence-electron chi connectivity index (χ4n) is 4.48. The molecule has 220 valence electrons. The van der Waals surface area contributed by atoms with Crippen molar-refractivity contribution in [3.63, 3.8) is 0 Å². The van der Waals surface area contributed by atoms with Gasteiger partial charge in [0.25, 0.3) is 5.91 Å². The number of ether oxygens (including phenoxy) is 2. The second-order valence-electron chi connectivity index (χ2n) is 9.43. The van der Waals surface area contributed by atoms with Gasteiger partial charge in [-0.25, -0.2) is 24.1 Å². The maximum atomic E-state index is 15.8. The molecule has 1 aliphatic rings. The Morgan fingerprint density at radius 1 is 1.17 bits per heavy atom. The minimum atomic E-state index is -1.67. The van der Waals surface area contributed by atoms with Gasteiger partial charge in [-0.1, -0.05) is 12.1 Å². The van der Waals surface area contributed by atoms with E-state index in [0.717, 1.165) is 0 Å². The van der Waals surface area contributed by atoms with Crippen LogP contribution in [0.15, 0.2) is 48.7 Å². The summed E-state index contributed by atoms with van der Waals surface area (Å²) in [7, 11) is 0. The van der Waals surface area contributed by atoms with Gasteiger partial charge in [-0.05, 0) is 35.9 Å². The molecule has 5 rings (SSSR count). The molecular weight excluding hydrogens is 568 g/mol. The second-order valence-corrected chi connectivity index (χ2v) is 10.7. The first-order valence-electron chi connectivity index (χ1n) is 13.2. The van der Waals surface area contributed by atoms with Crippen LogP contribution in [0, 0.1) is 5.82 Å². The lowest BCUT2D eigenvalue weighted by Crippen LogP contribution is -2.37. The number of anilines is 3. The van der Waals surface area contributed by atoms with Crippen LogP contribution in [0.5, 0.6) is 5.75 Å². The van der Waals surface area contributed by atoms with Crippen LogP contribution in [0.1, 0.15) is 6.42 Å². The van der Waals surface area contributed by atoms with Crippen molar-refractivity contribution in [1.29, 1.82) is 0 Å². The zero-order valence-electron chi connectivity index (χ0n) is 22.5. The average Bonchev–Trinajstić information content (AvgIpc) is 3.00. The summed E-state index contributed by atoms with van der Waals surface area (Å²) in [6.45, 7) is 1.00. The zero-order chi connectivity index (χ0) is 29.6. The Labute approximate surface area is 243 Å². The number of pyridine rings is 1. The molecule has 0 aliphatic carbocycles. The van der Waals surface area contributed by atoms with Crippen molar-refractivity contribution >= 4 is 45.5 Å². The predicted molar refractivity (Wildman–Crippen MR) is 158 cm³/mol. The molecule has 11 nitrogen and oxygen atoms in total. The standard InChI is InChI=1S/C28H29F2N7O4S/c29-7-2-12-42(39)36-21-4-1-3-19(25(21)30)18-13-20-26(22(14-18)41-16-24(32)38)34-27(17-5-6-23(31)33-15-17)35-28(20)37-8-10-40-11-9-37/h1,3-6,13-15,36H,2,7-12,16H2,(H2,31,33)(H2,32,38). The molecular formula is C28H29F2N7O4S. The third-order valence-corrected chi connectivity index (χ3v) is 7.57. The number of benzene rings is 2. The van der Waals surface area contributed by atoms with Gasteiger partial charge in [0, 0.05) is 42.2 Å². The van der Waals surface area contributed by atoms with Crippen molar-refractivity contribution in [2.45, 2.75) is 6.42 Å². The van der Waals surface area contributed by atoms with E-state index in [-0.39, 0.29) is 29.2 Å². The van der Waals surface area contributed by atoms with Crippen LogP contribution in [0.25, 0.3) is 33.4 Å². The van der Waals surface area contributed by atoms with Crippen LogP contribution >= 0.6 is 0 Å². The molecule has 0 radical (unpaired) electrons. The topological polar surface area (TPSA) is 165 Å². The molecule has 0 bridgehead atoms. The first-order valence-corrected chi connectivity index (χ1v) is 14.5. The fourth-order valence-corrected chi connectivity index (χ4v) is 5.35. The number of aromatic nitrogens is 3. The Morgan fingerprint density at radius 2 is 1.98 bits per heavy atom. The van der Waals surface area contributed by atoms with Crippen molar-refractivity contribution in [2.75, 3.05) is 60.7 Å². The lowest BCUT2D eigenvalue weighted by atomic mass is 10.0. The maximum Gasteiger partial charge on any atom is 0.255 e.